The Labute approximate surface area is 309 Å². The molecule has 0 spiro atoms. The van der Waals surface area contributed by atoms with E-state index in [4.69, 9.17) is 37.9 Å². The van der Waals surface area contributed by atoms with Gasteiger partial charge in [0.1, 0.15) is 22.4 Å². The van der Waals surface area contributed by atoms with Crippen molar-refractivity contribution in [1.82, 2.24) is 0 Å². The molecular formula is C40H64O12. The van der Waals surface area contributed by atoms with Crippen LogP contribution in [0.2, 0.25) is 0 Å². The van der Waals surface area contributed by atoms with Gasteiger partial charge in [-0.1, -0.05) is 0 Å². The van der Waals surface area contributed by atoms with Crippen LogP contribution in [0, 0.1) is 23.7 Å². The SMILES string of the molecule is CC(C)(CCCC1CO1)OC(=O)C1C(C(=O)OC(C)(C)CCCC2CO2)C(C(=O)OC(C)(C)CCCC2CO2)C1C(=O)OC(C)(C)CCCC1CO1. The molecule has 4 atom stereocenters. The Kier molecular flexibility index (Phi) is 13.1. The minimum atomic E-state index is -1.29. The van der Waals surface area contributed by atoms with E-state index in [0.29, 0.717) is 25.7 Å². The highest BCUT2D eigenvalue weighted by Gasteiger charge is 2.67. The Morgan fingerprint density at radius 3 is 0.731 bits per heavy atom. The molecule has 0 N–H and O–H groups in total. The van der Waals surface area contributed by atoms with Gasteiger partial charge in [0, 0.05) is 0 Å². The van der Waals surface area contributed by atoms with E-state index in [9.17, 15) is 19.2 Å². The topological polar surface area (TPSA) is 155 Å². The van der Waals surface area contributed by atoms with Crippen molar-refractivity contribution in [3.8, 4) is 0 Å². The first kappa shape index (κ1) is 40.9. The molecular weight excluding hydrogens is 672 g/mol. The predicted octanol–water partition coefficient (Wildman–Crippen LogP) is 6.03. The molecule has 0 aromatic heterocycles. The number of ether oxygens (including phenoxy) is 8. The second kappa shape index (κ2) is 16.6. The van der Waals surface area contributed by atoms with Gasteiger partial charge < -0.3 is 37.9 Å². The maximum Gasteiger partial charge on any atom is 0.311 e. The molecule has 296 valence electrons. The average molecular weight is 737 g/mol. The quantitative estimate of drug-likeness (QED) is 0.0646. The molecule has 0 aromatic rings. The van der Waals surface area contributed by atoms with Gasteiger partial charge in [-0.15, -0.1) is 0 Å². The van der Waals surface area contributed by atoms with E-state index in [2.05, 4.69) is 0 Å². The largest absolute Gasteiger partial charge is 0.459 e. The monoisotopic (exact) mass is 736 g/mol. The molecule has 4 heterocycles. The van der Waals surface area contributed by atoms with E-state index in [-0.39, 0.29) is 24.4 Å². The van der Waals surface area contributed by atoms with Crippen LogP contribution in [0.1, 0.15) is 132 Å². The zero-order valence-corrected chi connectivity index (χ0v) is 32.8. The van der Waals surface area contributed by atoms with Crippen molar-refractivity contribution in [2.24, 2.45) is 23.7 Å². The molecule has 0 aromatic carbocycles. The molecule has 1 saturated carbocycles. The Bertz CT molecular complexity index is 1060. The summed E-state index contributed by atoms with van der Waals surface area (Å²) < 4.78 is 45.7. The molecule has 0 amide bonds. The lowest BCUT2D eigenvalue weighted by Gasteiger charge is -2.48. The summed E-state index contributed by atoms with van der Waals surface area (Å²) in [5.74, 6) is -8.05. The lowest BCUT2D eigenvalue weighted by atomic mass is 9.56. The van der Waals surface area contributed by atoms with Crippen LogP contribution in [0.25, 0.3) is 0 Å². The molecule has 0 radical (unpaired) electrons. The molecule has 52 heavy (non-hydrogen) atoms. The number of carbonyl (C=O) groups excluding carboxylic acids is 4. The van der Waals surface area contributed by atoms with E-state index < -0.39 is 70.0 Å². The number of hydrogen-bond acceptors (Lipinski definition) is 12. The molecule has 4 unspecified atom stereocenters. The van der Waals surface area contributed by atoms with Crippen molar-refractivity contribution in [3.63, 3.8) is 0 Å². The van der Waals surface area contributed by atoms with Crippen LogP contribution in [0.5, 0.6) is 0 Å². The number of epoxide rings is 4. The summed E-state index contributed by atoms with van der Waals surface area (Å²) in [6.07, 6.45) is 9.80. The number of esters is 4. The van der Waals surface area contributed by atoms with Gasteiger partial charge >= 0.3 is 23.9 Å². The molecule has 4 saturated heterocycles. The molecule has 12 nitrogen and oxygen atoms in total. The summed E-state index contributed by atoms with van der Waals surface area (Å²) in [5, 5.41) is 0. The van der Waals surface area contributed by atoms with Crippen molar-refractivity contribution in [2.75, 3.05) is 26.4 Å². The third-order valence-corrected chi connectivity index (χ3v) is 11.0. The lowest BCUT2D eigenvalue weighted by molar-refractivity contribution is -0.215. The van der Waals surface area contributed by atoms with Crippen LogP contribution in [0.4, 0.5) is 0 Å². The highest BCUT2D eigenvalue weighted by Crippen LogP contribution is 2.51. The summed E-state index contributed by atoms with van der Waals surface area (Å²) in [6.45, 7) is 17.5. The average Bonchev–Trinajstić information content (AvgIpc) is 3.80. The van der Waals surface area contributed by atoms with Crippen molar-refractivity contribution < 1.29 is 57.1 Å². The fraction of sp³-hybridized carbons (Fsp3) is 0.900. The fourth-order valence-corrected chi connectivity index (χ4v) is 7.45. The summed E-state index contributed by atoms with van der Waals surface area (Å²) in [4.78, 5) is 56.9. The Hall–Kier alpha value is -2.28. The second-order valence-electron chi connectivity index (χ2n) is 18.2. The number of carbonyl (C=O) groups is 4. The summed E-state index contributed by atoms with van der Waals surface area (Å²) in [5.41, 5.74) is -3.55. The highest BCUT2D eigenvalue weighted by molar-refractivity contribution is 5.98. The third kappa shape index (κ3) is 12.9. The summed E-state index contributed by atoms with van der Waals surface area (Å²) in [7, 11) is 0. The first-order chi connectivity index (χ1) is 24.3. The van der Waals surface area contributed by atoms with Gasteiger partial charge in [0.2, 0.25) is 0 Å². The Morgan fingerprint density at radius 1 is 0.404 bits per heavy atom. The molecule has 5 fully saturated rings. The van der Waals surface area contributed by atoms with Crippen LogP contribution < -0.4 is 0 Å². The van der Waals surface area contributed by atoms with Gasteiger partial charge in [-0.25, -0.2) is 0 Å². The molecule has 12 heteroatoms. The summed E-state index contributed by atoms with van der Waals surface area (Å²) in [6, 6.07) is 0. The molecule has 0 bridgehead atoms. The van der Waals surface area contributed by atoms with Gasteiger partial charge in [-0.3, -0.25) is 19.2 Å². The van der Waals surface area contributed by atoms with Crippen molar-refractivity contribution in [2.45, 2.75) is 179 Å². The van der Waals surface area contributed by atoms with Crippen LogP contribution >= 0.6 is 0 Å². The first-order valence-corrected chi connectivity index (χ1v) is 19.7. The van der Waals surface area contributed by atoms with E-state index in [1.807, 2.05) is 55.4 Å². The minimum absolute atomic E-state index is 0.245. The highest BCUT2D eigenvalue weighted by atomic mass is 16.6. The maximum absolute atomic E-state index is 14.2. The van der Waals surface area contributed by atoms with Crippen molar-refractivity contribution in [3.05, 3.63) is 0 Å². The van der Waals surface area contributed by atoms with E-state index in [1.165, 1.54) is 0 Å². The Balaban J connectivity index is 1.36. The normalized spacial score (nSPS) is 29.4. The first-order valence-electron chi connectivity index (χ1n) is 19.7. The fourth-order valence-electron chi connectivity index (χ4n) is 7.45. The lowest BCUT2D eigenvalue weighted by Crippen LogP contribution is -2.63. The van der Waals surface area contributed by atoms with E-state index in [0.717, 1.165) is 77.8 Å². The number of rotatable bonds is 24. The summed E-state index contributed by atoms with van der Waals surface area (Å²) >= 11 is 0. The Morgan fingerprint density at radius 2 is 0.577 bits per heavy atom. The van der Waals surface area contributed by atoms with Gasteiger partial charge in [0.05, 0.1) is 74.5 Å². The van der Waals surface area contributed by atoms with Gasteiger partial charge in [0.15, 0.2) is 0 Å². The maximum atomic E-state index is 14.2. The van der Waals surface area contributed by atoms with E-state index in [1.54, 1.807) is 0 Å². The van der Waals surface area contributed by atoms with Crippen LogP contribution in [0.3, 0.4) is 0 Å². The zero-order chi connectivity index (χ0) is 37.9. The standard InChI is InChI=1S/C40H64O12/c1-37(2,17-9-13-25-21-45-25)49-33(41)29-30(34(42)50-38(3,4)18-10-14-26-22-46-26)32(36(44)52-40(7,8)20-12-16-28-24-48-28)31(29)35(43)51-39(5,6)19-11-15-27-23-47-27/h25-32H,9-24H2,1-8H3. The van der Waals surface area contributed by atoms with Crippen LogP contribution in [-0.2, 0) is 57.1 Å². The molecule has 5 rings (SSSR count). The van der Waals surface area contributed by atoms with Crippen molar-refractivity contribution >= 4 is 23.9 Å². The molecule has 4 aliphatic heterocycles. The minimum Gasteiger partial charge on any atom is -0.459 e. The predicted molar refractivity (Wildman–Crippen MR) is 189 cm³/mol. The van der Waals surface area contributed by atoms with Crippen LogP contribution in [0.15, 0.2) is 0 Å². The van der Waals surface area contributed by atoms with E-state index >= 15 is 0 Å². The zero-order valence-electron chi connectivity index (χ0n) is 32.8. The van der Waals surface area contributed by atoms with Gasteiger partial charge in [-0.2, -0.15) is 0 Å². The van der Waals surface area contributed by atoms with Gasteiger partial charge in [0.25, 0.3) is 0 Å². The van der Waals surface area contributed by atoms with Crippen LogP contribution in [-0.4, -0.2) is 97.1 Å². The smallest absolute Gasteiger partial charge is 0.311 e. The van der Waals surface area contributed by atoms with Crippen molar-refractivity contribution in [1.29, 1.82) is 0 Å². The third-order valence-electron chi connectivity index (χ3n) is 11.0. The molecule has 1 aliphatic carbocycles. The van der Waals surface area contributed by atoms with Gasteiger partial charge in [-0.05, 0) is 132 Å². The number of hydrogen-bond donors (Lipinski definition) is 0. The second-order valence-corrected chi connectivity index (χ2v) is 18.2. The molecule has 5 aliphatic rings.